The van der Waals surface area contributed by atoms with Crippen LogP contribution in [0.15, 0.2) is 0 Å². The predicted molar refractivity (Wildman–Crippen MR) is 158 cm³/mol. The molecule has 0 saturated carbocycles. The molecule has 0 aromatic heterocycles. The lowest BCUT2D eigenvalue weighted by Crippen LogP contribution is -2.54. The van der Waals surface area contributed by atoms with Gasteiger partial charge in [-0.1, -0.05) is 83.1 Å². The fourth-order valence-corrected chi connectivity index (χ4v) is 17.7. The van der Waals surface area contributed by atoms with Gasteiger partial charge in [0, 0.05) is 12.2 Å². The molecular formula is C27H62O4Si3. The smallest absolute Gasteiger partial charge is 0.201 e. The molecule has 0 spiro atoms. The summed E-state index contributed by atoms with van der Waals surface area (Å²) in [6, 6.07) is 0. The van der Waals surface area contributed by atoms with Crippen LogP contribution in [0.25, 0.3) is 0 Å². The van der Waals surface area contributed by atoms with Crippen molar-refractivity contribution in [1.82, 2.24) is 0 Å². The van der Waals surface area contributed by atoms with Crippen molar-refractivity contribution in [3.8, 4) is 0 Å². The lowest BCUT2D eigenvalue weighted by Gasteiger charge is -2.46. The minimum atomic E-state index is -2.03. The summed E-state index contributed by atoms with van der Waals surface area (Å²) >= 11 is 0. The van der Waals surface area contributed by atoms with E-state index < -0.39 is 16.6 Å². The first-order chi connectivity index (χ1) is 15.5. The molecule has 0 amide bonds. The number of rotatable bonds is 18. The van der Waals surface area contributed by atoms with Crippen LogP contribution in [0.4, 0.5) is 0 Å². The predicted octanol–water partition coefficient (Wildman–Crippen LogP) is 7.61. The van der Waals surface area contributed by atoms with E-state index in [-0.39, 0.29) is 11.7 Å². The Bertz CT molecular complexity index is 504. The molecule has 0 aromatic carbocycles. The molecule has 0 bridgehead atoms. The van der Waals surface area contributed by atoms with Crippen LogP contribution in [0.1, 0.15) is 110 Å². The minimum absolute atomic E-state index is 0.00941. The van der Waals surface area contributed by atoms with Crippen molar-refractivity contribution >= 4 is 27.1 Å². The second kappa shape index (κ2) is 15.0. The van der Waals surface area contributed by atoms with Gasteiger partial charge in [0.15, 0.2) is 8.32 Å². The number of hydrogen-bond acceptors (Lipinski definition) is 4. The zero-order valence-electron chi connectivity index (χ0n) is 25.7. The van der Waals surface area contributed by atoms with E-state index in [1.807, 2.05) is 0 Å². The molecule has 4 nitrogen and oxygen atoms in total. The molecule has 0 radical (unpaired) electrons. The molecule has 0 aromatic rings. The molecule has 0 N–H and O–H groups in total. The molecule has 206 valence electrons. The highest BCUT2D eigenvalue weighted by molar-refractivity contribution is 6.78. The molecule has 0 aliphatic carbocycles. The molecule has 1 unspecified atom stereocenters. The van der Waals surface area contributed by atoms with Crippen molar-refractivity contribution in [3.63, 3.8) is 0 Å². The molecule has 0 aliphatic heterocycles. The molecule has 0 heterocycles. The summed E-state index contributed by atoms with van der Waals surface area (Å²) in [5.74, 6) is 0. The van der Waals surface area contributed by atoms with E-state index in [1.54, 1.807) is 0 Å². The molecule has 7 heteroatoms. The summed E-state index contributed by atoms with van der Waals surface area (Å²) in [5, 5.41) is 0. The molecule has 0 aliphatic rings. The summed E-state index contributed by atoms with van der Waals surface area (Å²) in [7, 11) is -3.22. The lowest BCUT2D eigenvalue weighted by atomic mass is 10.0. The normalized spacial score (nSPS) is 15.2. The first-order valence-corrected chi connectivity index (χ1v) is 19.0. The van der Waals surface area contributed by atoms with Crippen LogP contribution in [0.5, 0.6) is 0 Å². The highest BCUT2D eigenvalue weighted by Gasteiger charge is 2.48. The Morgan fingerprint density at radius 2 is 1.06 bits per heavy atom. The van der Waals surface area contributed by atoms with Crippen molar-refractivity contribution < 1.29 is 18.0 Å². The van der Waals surface area contributed by atoms with Gasteiger partial charge in [0.05, 0.1) is 19.3 Å². The fourth-order valence-electron chi connectivity index (χ4n) is 6.47. The third kappa shape index (κ3) is 9.10. The van der Waals surface area contributed by atoms with E-state index in [0.717, 1.165) is 29.9 Å². The Labute approximate surface area is 219 Å². The highest BCUT2D eigenvalue weighted by Crippen LogP contribution is 2.45. The van der Waals surface area contributed by atoms with Crippen molar-refractivity contribution in [2.45, 2.75) is 155 Å². The Morgan fingerprint density at radius 3 is 1.41 bits per heavy atom. The van der Waals surface area contributed by atoms with Gasteiger partial charge in [0.2, 0.25) is 8.32 Å². The lowest BCUT2D eigenvalue weighted by molar-refractivity contribution is 0.00693. The second-order valence-electron chi connectivity index (χ2n) is 12.8. The van der Waals surface area contributed by atoms with E-state index in [9.17, 15) is 0 Å². The van der Waals surface area contributed by atoms with Crippen molar-refractivity contribution in [2.24, 2.45) is 0 Å². The van der Waals surface area contributed by atoms with Gasteiger partial charge >= 0.3 is 0 Å². The van der Waals surface area contributed by atoms with Crippen LogP contribution in [0.2, 0.25) is 33.2 Å². The third-order valence-electron chi connectivity index (χ3n) is 8.23. The zero-order chi connectivity index (χ0) is 26.9. The topological polar surface area (TPSA) is 36.9 Å². The summed E-state index contributed by atoms with van der Waals surface area (Å²) in [4.78, 5) is 0. The second-order valence-corrected chi connectivity index (χ2v) is 24.1. The largest absolute Gasteiger partial charge is 0.423 e. The molecule has 0 fully saturated rings. The fraction of sp³-hybridized carbons (Fsp3) is 1.00. The van der Waals surface area contributed by atoms with Crippen molar-refractivity contribution in [3.05, 3.63) is 0 Å². The van der Waals surface area contributed by atoms with E-state index in [2.05, 4.69) is 96.9 Å². The maximum absolute atomic E-state index is 7.22. The van der Waals surface area contributed by atoms with Crippen LogP contribution < -0.4 is 0 Å². The Kier molecular flexibility index (Phi) is 15.3. The van der Waals surface area contributed by atoms with Crippen LogP contribution in [0, 0.1) is 0 Å². The highest BCUT2D eigenvalue weighted by atomic mass is 28.4. The van der Waals surface area contributed by atoms with Gasteiger partial charge in [-0.05, 0) is 59.9 Å². The van der Waals surface area contributed by atoms with Crippen LogP contribution in [0.3, 0.4) is 0 Å². The van der Waals surface area contributed by atoms with E-state index in [4.69, 9.17) is 18.0 Å². The van der Waals surface area contributed by atoms with Crippen molar-refractivity contribution in [2.75, 3.05) is 19.8 Å². The van der Waals surface area contributed by atoms with Gasteiger partial charge in [-0.15, -0.1) is 0 Å². The van der Waals surface area contributed by atoms with E-state index >= 15 is 0 Å². The molecule has 0 saturated heterocycles. The monoisotopic (exact) mass is 534 g/mol. The molecule has 0 rings (SSSR count). The number of hydrogen-bond donors (Lipinski definition) is 0. The Hall–Kier alpha value is 0.491. The van der Waals surface area contributed by atoms with E-state index in [1.165, 1.54) is 0 Å². The maximum atomic E-state index is 7.22. The SMILES string of the molecule is CC(C)[Si](OCC(COCCCC(C)(C)O[SiH3])O[Si](C(C)C)(C(C)C)C(C)C)(C(C)C)C(C)C. The van der Waals surface area contributed by atoms with Gasteiger partial charge in [-0.3, -0.25) is 0 Å². The Balaban J connectivity index is 5.72. The first-order valence-electron chi connectivity index (χ1n) is 14.0. The van der Waals surface area contributed by atoms with Gasteiger partial charge < -0.3 is 18.0 Å². The van der Waals surface area contributed by atoms with Crippen LogP contribution >= 0.6 is 0 Å². The average molecular weight is 535 g/mol. The summed E-state index contributed by atoms with van der Waals surface area (Å²) in [6.07, 6.45) is 2.02. The number of ether oxygens (including phenoxy) is 1. The minimum Gasteiger partial charge on any atom is -0.423 e. The summed E-state index contributed by atoms with van der Waals surface area (Å²) in [5.41, 5.74) is 3.29. The van der Waals surface area contributed by atoms with Crippen LogP contribution in [-0.2, 0) is 18.0 Å². The standard InChI is InChI=1S/C27H62O4Si3/c1-20(2)33(21(3)4,22(5)6)29-19-26(18-28-17-15-16-27(13,14)31-32)30-34(23(7)8,24(9)10)25(11)12/h20-26H,15-19H2,1-14,32H3. The first kappa shape index (κ1) is 34.5. The van der Waals surface area contributed by atoms with Gasteiger partial charge in [-0.25, -0.2) is 0 Å². The quantitative estimate of drug-likeness (QED) is 0.134. The molecular weight excluding hydrogens is 473 g/mol. The zero-order valence-corrected chi connectivity index (χ0v) is 29.7. The third-order valence-corrected chi connectivity index (χ3v) is 21.6. The Morgan fingerprint density at radius 1 is 0.647 bits per heavy atom. The molecule has 34 heavy (non-hydrogen) atoms. The summed E-state index contributed by atoms with van der Waals surface area (Å²) in [6.45, 7) is 34.6. The van der Waals surface area contributed by atoms with Gasteiger partial charge in [0.1, 0.15) is 10.5 Å². The maximum Gasteiger partial charge on any atom is 0.201 e. The summed E-state index contributed by atoms with van der Waals surface area (Å²) < 4.78 is 26.2. The van der Waals surface area contributed by atoms with Gasteiger partial charge in [0.25, 0.3) is 0 Å². The molecule has 1 atom stereocenters. The van der Waals surface area contributed by atoms with Crippen LogP contribution in [-0.4, -0.2) is 58.6 Å². The van der Waals surface area contributed by atoms with Gasteiger partial charge in [-0.2, -0.15) is 0 Å². The van der Waals surface area contributed by atoms with E-state index in [0.29, 0.717) is 46.5 Å². The van der Waals surface area contributed by atoms with Crippen molar-refractivity contribution in [1.29, 1.82) is 0 Å². The average Bonchev–Trinajstić information content (AvgIpc) is 2.69.